The number of rotatable bonds is 6. The van der Waals surface area contributed by atoms with Gasteiger partial charge in [0.2, 0.25) is 5.89 Å². The lowest BCUT2D eigenvalue weighted by molar-refractivity contribution is -0.134. The van der Waals surface area contributed by atoms with Gasteiger partial charge in [-0.15, -0.1) is 0 Å². The predicted octanol–water partition coefficient (Wildman–Crippen LogP) is 2.82. The monoisotopic (exact) mass is 385 g/mol. The number of amides is 1. The van der Waals surface area contributed by atoms with Crippen molar-refractivity contribution in [2.45, 2.75) is 38.0 Å². The third kappa shape index (κ3) is 4.90. The van der Waals surface area contributed by atoms with Gasteiger partial charge in [0.1, 0.15) is 5.75 Å². The van der Waals surface area contributed by atoms with E-state index < -0.39 is 0 Å². The lowest BCUT2D eigenvalue weighted by atomic mass is 9.93. The first-order chi connectivity index (χ1) is 13.8. The smallest absolute Gasteiger partial charge is 0.260 e. The van der Waals surface area contributed by atoms with Gasteiger partial charge in [0.25, 0.3) is 5.91 Å². The molecule has 0 N–H and O–H groups in total. The highest BCUT2D eigenvalue weighted by atomic mass is 16.5. The number of hydrogen-bond acceptors (Lipinski definition) is 6. The van der Waals surface area contributed by atoms with Crippen molar-refractivity contribution in [3.63, 3.8) is 0 Å². The first-order valence-electron chi connectivity index (χ1n) is 10.1. The van der Waals surface area contributed by atoms with Gasteiger partial charge in [0.05, 0.1) is 0 Å². The van der Waals surface area contributed by atoms with Crippen LogP contribution in [0.4, 0.5) is 0 Å². The Kier molecular flexibility index (Phi) is 6.21. The number of hydrogen-bond donors (Lipinski definition) is 0. The second-order valence-electron chi connectivity index (χ2n) is 7.56. The zero-order chi connectivity index (χ0) is 19.2. The van der Waals surface area contributed by atoms with Crippen LogP contribution in [-0.2, 0) is 16.0 Å². The zero-order valence-corrected chi connectivity index (χ0v) is 16.1. The summed E-state index contributed by atoms with van der Waals surface area (Å²) >= 11 is 0. The Balaban J connectivity index is 1.21. The minimum Gasteiger partial charge on any atom is -0.484 e. The van der Waals surface area contributed by atoms with Gasteiger partial charge in [-0.3, -0.25) is 4.79 Å². The molecule has 0 bridgehead atoms. The summed E-state index contributed by atoms with van der Waals surface area (Å²) in [5.41, 5.74) is 0. The molecule has 2 fully saturated rings. The predicted molar refractivity (Wildman–Crippen MR) is 102 cm³/mol. The Morgan fingerprint density at radius 1 is 1.11 bits per heavy atom. The number of benzene rings is 1. The molecule has 4 rings (SSSR count). The maximum atomic E-state index is 12.4. The first-order valence-corrected chi connectivity index (χ1v) is 10.1. The van der Waals surface area contributed by atoms with Crippen molar-refractivity contribution in [2.24, 2.45) is 5.92 Å². The highest BCUT2D eigenvalue weighted by Crippen LogP contribution is 2.26. The van der Waals surface area contributed by atoms with Crippen molar-refractivity contribution in [2.75, 3.05) is 32.9 Å². The van der Waals surface area contributed by atoms with Crippen LogP contribution in [0.3, 0.4) is 0 Å². The third-order valence-corrected chi connectivity index (χ3v) is 5.61. The van der Waals surface area contributed by atoms with Crippen LogP contribution in [0, 0.1) is 5.92 Å². The average molecular weight is 385 g/mol. The van der Waals surface area contributed by atoms with Crippen molar-refractivity contribution >= 4 is 5.91 Å². The van der Waals surface area contributed by atoms with E-state index in [1.807, 2.05) is 35.2 Å². The van der Waals surface area contributed by atoms with Crippen LogP contribution in [0.1, 0.15) is 43.3 Å². The maximum absolute atomic E-state index is 12.4. The first kappa shape index (κ1) is 18.9. The summed E-state index contributed by atoms with van der Waals surface area (Å²) in [6, 6.07) is 9.44. The van der Waals surface area contributed by atoms with Gasteiger partial charge in [0.15, 0.2) is 12.4 Å². The van der Waals surface area contributed by atoms with Gasteiger partial charge in [0, 0.05) is 38.6 Å². The van der Waals surface area contributed by atoms with Crippen LogP contribution in [0.5, 0.6) is 5.75 Å². The number of carbonyl (C=O) groups is 1. The molecule has 1 amide bonds. The number of para-hydroxylation sites is 1. The molecule has 0 spiro atoms. The summed E-state index contributed by atoms with van der Waals surface area (Å²) in [7, 11) is 0. The van der Waals surface area contributed by atoms with Crippen molar-refractivity contribution in [3.05, 3.63) is 42.0 Å². The van der Waals surface area contributed by atoms with Gasteiger partial charge in [-0.25, -0.2) is 0 Å². The van der Waals surface area contributed by atoms with E-state index in [-0.39, 0.29) is 12.5 Å². The van der Waals surface area contributed by atoms with Crippen LogP contribution in [-0.4, -0.2) is 53.9 Å². The average Bonchev–Trinajstić information content (AvgIpc) is 3.22. The standard InChI is InChI=1S/C21H27N3O4/c25-20(15-27-18-4-2-1-3-5-18)24-10-6-16(7-11-24)14-19-22-21(23-28-19)17-8-12-26-13-9-17/h1-5,16-17H,6-15H2. The van der Waals surface area contributed by atoms with Gasteiger partial charge in [-0.1, -0.05) is 23.4 Å². The van der Waals surface area contributed by atoms with E-state index in [1.165, 1.54) is 0 Å². The molecule has 2 aromatic rings. The molecule has 2 aliphatic heterocycles. The fourth-order valence-corrected chi connectivity index (χ4v) is 3.86. The summed E-state index contributed by atoms with van der Waals surface area (Å²) in [6.45, 7) is 3.14. The molecular weight excluding hydrogens is 358 g/mol. The molecule has 1 aromatic carbocycles. The van der Waals surface area contributed by atoms with E-state index in [2.05, 4.69) is 10.1 Å². The molecule has 0 saturated carbocycles. The van der Waals surface area contributed by atoms with E-state index in [9.17, 15) is 4.79 Å². The van der Waals surface area contributed by atoms with E-state index >= 15 is 0 Å². The fourth-order valence-electron chi connectivity index (χ4n) is 3.86. The van der Waals surface area contributed by atoms with E-state index in [1.54, 1.807) is 0 Å². The molecule has 7 nitrogen and oxygen atoms in total. The van der Waals surface area contributed by atoms with Gasteiger partial charge >= 0.3 is 0 Å². The lowest BCUT2D eigenvalue weighted by Crippen LogP contribution is -2.41. The minimum atomic E-state index is 0.0434. The Labute approximate surface area is 165 Å². The summed E-state index contributed by atoms with van der Waals surface area (Å²) in [5.74, 6) is 3.14. The van der Waals surface area contributed by atoms with E-state index in [0.29, 0.717) is 11.8 Å². The highest BCUT2D eigenvalue weighted by molar-refractivity contribution is 5.77. The van der Waals surface area contributed by atoms with Crippen molar-refractivity contribution < 1.29 is 18.8 Å². The van der Waals surface area contributed by atoms with Gasteiger partial charge < -0.3 is 18.9 Å². The molecule has 0 aliphatic carbocycles. The number of nitrogens with zero attached hydrogens (tertiary/aromatic N) is 3. The number of carbonyl (C=O) groups excluding carboxylic acids is 1. The summed E-state index contributed by atoms with van der Waals surface area (Å²) < 4.78 is 16.4. The van der Waals surface area contributed by atoms with Gasteiger partial charge in [-0.05, 0) is 43.7 Å². The normalized spacial score (nSPS) is 18.9. The number of aromatic nitrogens is 2. The minimum absolute atomic E-state index is 0.0434. The topological polar surface area (TPSA) is 77.7 Å². The molecule has 0 atom stereocenters. The largest absolute Gasteiger partial charge is 0.484 e. The SMILES string of the molecule is O=C(COc1ccccc1)N1CCC(Cc2nc(C3CCOCC3)no2)CC1. The summed E-state index contributed by atoms with van der Waals surface area (Å²) in [4.78, 5) is 18.9. The Morgan fingerprint density at radius 2 is 1.86 bits per heavy atom. The summed E-state index contributed by atoms with van der Waals surface area (Å²) in [6.07, 6.45) is 4.62. The highest BCUT2D eigenvalue weighted by Gasteiger charge is 2.26. The van der Waals surface area contributed by atoms with Crippen molar-refractivity contribution in [1.29, 1.82) is 0 Å². The molecule has 1 aromatic heterocycles. The van der Waals surface area contributed by atoms with E-state index in [0.717, 1.165) is 75.9 Å². The Hall–Kier alpha value is -2.41. The number of piperidine rings is 1. The number of ether oxygens (including phenoxy) is 2. The molecule has 28 heavy (non-hydrogen) atoms. The summed E-state index contributed by atoms with van der Waals surface area (Å²) in [5, 5.41) is 4.18. The molecule has 2 saturated heterocycles. The Bertz CT molecular complexity index is 750. The Morgan fingerprint density at radius 3 is 2.61 bits per heavy atom. The van der Waals surface area contributed by atoms with Crippen LogP contribution >= 0.6 is 0 Å². The molecule has 0 unspecified atom stereocenters. The van der Waals surface area contributed by atoms with Crippen LogP contribution < -0.4 is 4.74 Å². The molecule has 2 aliphatic rings. The molecule has 150 valence electrons. The van der Waals surface area contributed by atoms with Gasteiger partial charge in [-0.2, -0.15) is 4.98 Å². The molecule has 0 radical (unpaired) electrons. The third-order valence-electron chi connectivity index (χ3n) is 5.61. The van der Waals surface area contributed by atoms with Crippen LogP contribution in [0.2, 0.25) is 0 Å². The fraction of sp³-hybridized carbons (Fsp3) is 0.571. The van der Waals surface area contributed by atoms with E-state index in [4.69, 9.17) is 14.0 Å². The molecule has 3 heterocycles. The van der Waals surface area contributed by atoms with Crippen molar-refractivity contribution in [3.8, 4) is 5.75 Å². The zero-order valence-electron chi connectivity index (χ0n) is 16.1. The molecule has 7 heteroatoms. The maximum Gasteiger partial charge on any atom is 0.260 e. The lowest BCUT2D eigenvalue weighted by Gasteiger charge is -2.31. The second-order valence-corrected chi connectivity index (χ2v) is 7.56. The number of likely N-dealkylation sites (tertiary alicyclic amines) is 1. The quantitative estimate of drug-likeness (QED) is 0.761. The van der Waals surface area contributed by atoms with Crippen LogP contribution in [0.15, 0.2) is 34.9 Å². The van der Waals surface area contributed by atoms with Crippen LogP contribution in [0.25, 0.3) is 0 Å². The van der Waals surface area contributed by atoms with Crippen molar-refractivity contribution in [1.82, 2.24) is 15.0 Å². The second kappa shape index (κ2) is 9.19. The molecular formula is C21H27N3O4.